The Morgan fingerprint density at radius 3 is 2.68 bits per heavy atom. The number of nitrogens with zero attached hydrogens (tertiary/aromatic N) is 1. The molecule has 2 N–H and O–H groups in total. The zero-order valence-electron chi connectivity index (χ0n) is 11.0. The average Bonchev–Trinajstić information content (AvgIpc) is 2.39. The molecule has 1 aliphatic rings. The number of benzene rings is 1. The predicted octanol–water partition coefficient (Wildman–Crippen LogP) is 4.24. The topological polar surface area (TPSA) is 69.2 Å². The number of hydrogen-bond donors (Lipinski definition) is 1. The van der Waals surface area contributed by atoms with Crippen LogP contribution in [-0.2, 0) is 0 Å². The summed E-state index contributed by atoms with van der Waals surface area (Å²) in [5.41, 5.74) is 5.94. The molecule has 1 aliphatic carbocycles. The van der Waals surface area contributed by atoms with Crippen molar-refractivity contribution in [3.8, 4) is 0 Å². The van der Waals surface area contributed by atoms with Crippen molar-refractivity contribution in [1.82, 2.24) is 0 Å². The zero-order valence-corrected chi connectivity index (χ0v) is 11.8. The first kappa shape index (κ1) is 14.2. The molecule has 0 heterocycles. The van der Waals surface area contributed by atoms with E-state index in [-0.39, 0.29) is 11.4 Å². The maximum absolute atomic E-state index is 10.7. The fourth-order valence-corrected chi connectivity index (χ4v) is 3.67. The van der Waals surface area contributed by atoms with Crippen LogP contribution in [0, 0.1) is 16.0 Å². The molecule has 0 spiro atoms. The van der Waals surface area contributed by atoms with E-state index in [1.165, 1.54) is 44.6 Å². The fourth-order valence-electron chi connectivity index (χ4n) is 2.61. The molecule has 1 saturated carbocycles. The lowest BCUT2D eigenvalue weighted by molar-refractivity contribution is -0.383. The number of nitro groups is 1. The number of rotatable bonds is 5. The third kappa shape index (κ3) is 4.13. The van der Waals surface area contributed by atoms with Crippen LogP contribution in [0.4, 0.5) is 11.4 Å². The largest absolute Gasteiger partial charge is 0.393 e. The molecule has 0 atom stereocenters. The van der Waals surface area contributed by atoms with Gasteiger partial charge in [-0.25, -0.2) is 0 Å². The number of nitrogens with two attached hydrogens (primary N) is 1. The lowest BCUT2D eigenvalue weighted by Crippen LogP contribution is -2.06. The molecule has 2 rings (SSSR count). The van der Waals surface area contributed by atoms with Gasteiger partial charge in [0.05, 0.1) is 4.92 Å². The molecule has 0 aliphatic heterocycles. The summed E-state index contributed by atoms with van der Waals surface area (Å²) in [6.45, 7) is 0. The minimum atomic E-state index is -0.439. The van der Waals surface area contributed by atoms with E-state index in [2.05, 4.69) is 0 Å². The van der Waals surface area contributed by atoms with Crippen LogP contribution in [0.15, 0.2) is 23.1 Å². The Bertz CT molecular complexity index is 445. The number of hydrogen-bond acceptors (Lipinski definition) is 4. The third-order valence-electron chi connectivity index (χ3n) is 3.72. The van der Waals surface area contributed by atoms with Crippen LogP contribution in [0.1, 0.15) is 38.5 Å². The van der Waals surface area contributed by atoms with Crippen molar-refractivity contribution in [1.29, 1.82) is 0 Å². The van der Waals surface area contributed by atoms with Crippen LogP contribution in [0.3, 0.4) is 0 Å². The van der Waals surface area contributed by atoms with Crippen molar-refractivity contribution in [3.63, 3.8) is 0 Å². The van der Waals surface area contributed by atoms with Crippen LogP contribution in [0.5, 0.6) is 0 Å². The van der Waals surface area contributed by atoms with Gasteiger partial charge in [-0.05, 0) is 30.2 Å². The average molecular weight is 280 g/mol. The summed E-state index contributed by atoms with van der Waals surface area (Å²) < 4.78 is 0. The van der Waals surface area contributed by atoms with Crippen molar-refractivity contribution in [2.24, 2.45) is 5.92 Å². The molecule has 104 valence electrons. The molecule has 4 nitrogen and oxygen atoms in total. The van der Waals surface area contributed by atoms with Gasteiger partial charge >= 0.3 is 0 Å². The van der Waals surface area contributed by atoms with Gasteiger partial charge in [0.15, 0.2) is 0 Å². The first-order valence-corrected chi connectivity index (χ1v) is 7.82. The molecule has 5 heteroatoms. The zero-order chi connectivity index (χ0) is 13.7. The standard InChI is InChI=1S/C14H20N2O2S/c15-13-10-12(6-7-14(13)16(17)18)19-9-8-11-4-2-1-3-5-11/h6-7,10-11H,1-5,8-9,15H2. The minimum Gasteiger partial charge on any atom is -0.393 e. The van der Waals surface area contributed by atoms with Crippen molar-refractivity contribution in [2.45, 2.75) is 43.4 Å². The summed E-state index contributed by atoms with van der Waals surface area (Å²) in [7, 11) is 0. The van der Waals surface area contributed by atoms with E-state index in [0.717, 1.165) is 16.6 Å². The van der Waals surface area contributed by atoms with E-state index >= 15 is 0 Å². The summed E-state index contributed by atoms with van der Waals surface area (Å²) in [5, 5.41) is 10.7. The Kier molecular flexibility index (Phi) is 5.07. The second-order valence-electron chi connectivity index (χ2n) is 5.12. The highest BCUT2D eigenvalue weighted by Crippen LogP contribution is 2.31. The van der Waals surface area contributed by atoms with Gasteiger partial charge in [-0.3, -0.25) is 10.1 Å². The van der Waals surface area contributed by atoms with Crippen molar-refractivity contribution in [3.05, 3.63) is 28.3 Å². The second kappa shape index (κ2) is 6.80. The molecule has 19 heavy (non-hydrogen) atoms. The van der Waals surface area contributed by atoms with Crippen LogP contribution < -0.4 is 5.73 Å². The van der Waals surface area contributed by atoms with Gasteiger partial charge in [-0.2, -0.15) is 0 Å². The molecule has 0 amide bonds. The van der Waals surface area contributed by atoms with E-state index in [9.17, 15) is 10.1 Å². The molecule has 0 saturated heterocycles. The normalized spacial score (nSPS) is 16.4. The predicted molar refractivity (Wildman–Crippen MR) is 79.4 cm³/mol. The molecule has 1 aromatic rings. The van der Waals surface area contributed by atoms with Crippen molar-refractivity contribution < 1.29 is 4.92 Å². The molecule has 1 fully saturated rings. The van der Waals surface area contributed by atoms with Crippen molar-refractivity contribution in [2.75, 3.05) is 11.5 Å². The quantitative estimate of drug-likeness (QED) is 0.379. The molecule has 0 unspecified atom stereocenters. The Morgan fingerprint density at radius 2 is 2.05 bits per heavy atom. The molecule has 0 radical (unpaired) electrons. The van der Waals surface area contributed by atoms with Gasteiger partial charge in [0.2, 0.25) is 0 Å². The lowest BCUT2D eigenvalue weighted by Gasteiger charge is -2.21. The summed E-state index contributed by atoms with van der Waals surface area (Å²) in [6.07, 6.45) is 8.11. The summed E-state index contributed by atoms with van der Waals surface area (Å²) in [6, 6.07) is 5.00. The molecular formula is C14H20N2O2S. The van der Waals surface area contributed by atoms with E-state index in [4.69, 9.17) is 5.73 Å². The molecule has 1 aromatic carbocycles. The Balaban J connectivity index is 1.82. The minimum absolute atomic E-state index is 0.00312. The second-order valence-corrected chi connectivity index (χ2v) is 6.29. The first-order chi connectivity index (χ1) is 9.16. The fraction of sp³-hybridized carbons (Fsp3) is 0.571. The summed E-state index contributed by atoms with van der Waals surface area (Å²) in [4.78, 5) is 11.3. The van der Waals surface area contributed by atoms with Crippen molar-refractivity contribution >= 4 is 23.1 Å². The highest BCUT2D eigenvalue weighted by Gasteiger charge is 2.14. The van der Waals surface area contributed by atoms with E-state index < -0.39 is 4.92 Å². The van der Waals surface area contributed by atoms with Crippen LogP contribution in [0.25, 0.3) is 0 Å². The number of nitro benzene ring substituents is 1. The van der Waals surface area contributed by atoms with Gasteiger partial charge in [-0.1, -0.05) is 32.1 Å². The third-order valence-corrected chi connectivity index (χ3v) is 4.74. The van der Waals surface area contributed by atoms with Gasteiger partial charge in [0.25, 0.3) is 5.69 Å². The first-order valence-electron chi connectivity index (χ1n) is 6.83. The number of thioether (sulfide) groups is 1. The molecular weight excluding hydrogens is 260 g/mol. The van der Waals surface area contributed by atoms with E-state index in [0.29, 0.717) is 0 Å². The van der Waals surface area contributed by atoms with Crippen LogP contribution >= 0.6 is 11.8 Å². The van der Waals surface area contributed by atoms with Crippen LogP contribution in [0.2, 0.25) is 0 Å². The van der Waals surface area contributed by atoms with Gasteiger partial charge in [-0.15, -0.1) is 11.8 Å². The van der Waals surface area contributed by atoms with Gasteiger partial charge < -0.3 is 5.73 Å². The summed E-state index contributed by atoms with van der Waals surface area (Å²) >= 11 is 1.75. The number of anilines is 1. The van der Waals surface area contributed by atoms with Gasteiger partial charge in [0, 0.05) is 11.0 Å². The monoisotopic (exact) mass is 280 g/mol. The highest BCUT2D eigenvalue weighted by atomic mass is 32.2. The van der Waals surface area contributed by atoms with E-state index in [1.807, 2.05) is 0 Å². The smallest absolute Gasteiger partial charge is 0.292 e. The van der Waals surface area contributed by atoms with Gasteiger partial charge in [0.1, 0.15) is 5.69 Å². The SMILES string of the molecule is Nc1cc(SCCC2CCCCC2)ccc1[N+](=O)[O-]. The maximum atomic E-state index is 10.7. The highest BCUT2D eigenvalue weighted by molar-refractivity contribution is 7.99. The number of nitrogen functional groups attached to an aromatic ring is 1. The lowest BCUT2D eigenvalue weighted by atomic mass is 9.88. The van der Waals surface area contributed by atoms with Crippen LogP contribution in [-0.4, -0.2) is 10.7 Å². The van der Waals surface area contributed by atoms with E-state index in [1.54, 1.807) is 23.9 Å². The summed E-state index contributed by atoms with van der Waals surface area (Å²) in [5.74, 6) is 1.94. The molecule has 0 aromatic heterocycles. The molecule has 0 bridgehead atoms. The maximum Gasteiger partial charge on any atom is 0.292 e. The Hall–Kier alpha value is -1.23. The Labute approximate surface area is 117 Å². The Morgan fingerprint density at radius 1 is 1.32 bits per heavy atom.